The van der Waals surface area contributed by atoms with E-state index >= 15 is 0 Å². The Bertz CT molecular complexity index is 1010. The minimum Gasteiger partial charge on any atom is -0.342 e. The summed E-state index contributed by atoms with van der Waals surface area (Å²) in [6.45, 7) is 3.62. The molecule has 0 radical (unpaired) electrons. The summed E-state index contributed by atoms with van der Waals surface area (Å²) in [5, 5.41) is 8.54. The number of nitrogens with one attached hydrogen (secondary N) is 1. The third-order valence-electron chi connectivity index (χ3n) is 6.15. The van der Waals surface area contributed by atoms with E-state index in [1.807, 2.05) is 30.0 Å². The predicted molar refractivity (Wildman–Crippen MR) is 102 cm³/mol. The van der Waals surface area contributed by atoms with Crippen molar-refractivity contribution in [3.63, 3.8) is 0 Å². The molecule has 3 aromatic rings. The smallest absolute Gasteiger partial charge is 0.226 e. The molecule has 1 N–H and O–H groups in total. The minimum absolute atomic E-state index is 0.0784. The van der Waals surface area contributed by atoms with Crippen LogP contribution >= 0.6 is 0 Å². The number of rotatable bonds is 2. The number of carbonyl (C=O) groups is 1. The predicted octanol–water partition coefficient (Wildman–Crippen LogP) is 2.78. The summed E-state index contributed by atoms with van der Waals surface area (Å²) in [5.41, 5.74) is 5.55. The number of nitrogens with zero attached hydrogens (tertiary/aromatic N) is 4. The van der Waals surface area contributed by atoms with E-state index in [-0.39, 0.29) is 11.8 Å². The van der Waals surface area contributed by atoms with Gasteiger partial charge in [0.25, 0.3) is 0 Å². The summed E-state index contributed by atoms with van der Waals surface area (Å²) in [7, 11) is 0. The molecular formula is C21H23N5O. The van der Waals surface area contributed by atoms with Crippen LogP contribution in [0.5, 0.6) is 0 Å². The van der Waals surface area contributed by atoms with Crippen molar-refractivity contribution in [3.05, 3.63) is 53.2 Å². The van der Waals surface area contributed by atoms with Crippen LogP contribution in [-0.4, -0.2) is 44.1 Å². The maximum Gasteiger partial charge on any atom is 0.226 e. The van der Waals surface area contributed by atoms with E-state index in [0.717, 1.165) is 66.8 Å². The third kappa shape index (κ3) is 2.80. The summed E-state index contributed by atoms with van der Waals surface area (Å²) in [6.07, 6.45) is 5.22. The van der Waals surface area contributed by atoms with Crippen LogP contribution in [0.4, 0.5) is 0 Å². The van der Waals surface area contributed by atoms with E-state index in [4.69, 9.17) is 0 Å². The Morgan fingerprint density at radius 1 is 1.22 bits per heavy atom. The molecule has 0 spiro atoms. The number of hydrogen-bond acceptors (Lipinski definition) is 4. The summed E-state index contributed by atoms with van der Waals surface area (Å²) in [4.78, 5) is 24.1. The molecule has 0 saturated carbocycles. The van der Waals surface area contributed by atoms with Gasteiger partial charge in [-0.1, -0.05) is 18.2 Å². The first-order valence-corrected chi connectivity index (χ1v) is 9.72. The van der Waals surface area contributed by atoms with Gasteiger partial charge in [0.15, 0.2) is 0 Å². The molecule has 1 aromatic carbocycles. The number of hydrogen-bond donors (Lipinski definition) is 1. The molecule has 138 valence electrons. The fourth-order valence-electron chi connectivity index (χ4n) is 4.64. The van der Waals surface area contributed by atoms with Crippen molar-refractivity contribution in [1.29, 1.82) is 0 Å². The number of fused-ring (bicyclic) bond motifs is 2. The Morgan fingerprint density at radius 3 is 3.04 bits per heavy atom. The molecule has 1 fully saturated rings. The van der Waals surface area contributed by atoms with Crippen LogP contribution < -0.4 is 0 Å². The van der Waals surface area contributed by atoms with E-state index in [0.29, 0.717) is 5.91 Å². The number of benzene rings is 1. The highest BCUT2D eigenvalue weighted by Crippen LogP contribution is 2.33. The molecule has 1 aliphatic carbocycles. The van der Waals surface area contributed by atoms with Crippen molar-refractivity contribution in [2.45, 2.75) is 38.5 Å². The monoisotopic (exact) mass is 361 g/mol. The van der Waals surface area contributed by atoms with Gasteiger partial charge in [0.05, 0.1) is 16.9 Å². The first-order chi connectivity index (χ1) is 13.2. The summed E-state index contributed by atoms with van der Waals surface area (Å²) in [5.74, 6) is 0.661. The van der Waals surface area contributed by atoms with Crippen molar-refractivity contribution in [2.24, 2.45) is 5.92 Å². The van der Waals surface area contributed by atoms with Crippen molar-refractivity contribution in [1.82, 2.24) is 25.1 Å². The van der Waals surface area contributed by atoms with Crippen LogP contribution in [0.2, 0.25) is 0 Å². The average molecular weight is 361 g/mol. The lowest BCUT2D eigenvalue weighted by Gasteiger charge is -2.26. The van der Waals surface area contributed by atoms with Gasteiger partial charge in [-0.15, -0.1) is 0 Å². The topological polar surface area (TPSA) is 74.8 Å². The number of aromatic nitrogens is 4. The van der Waals surface area contributed by atoms with E-state index < -0.39 is 0 Å². The normalized spacial score (nSPS) is 22.2. The fraction of sp³-hybridized carbons (Fsp3) is 0.429. The Balaban J connectivity index is 1.33. The number of H-pyrrole nitrogens is 1. The fourth-order valence-corrected chi connectivity index (χ4v) is 4.64. The number of para-hydroxylation sites is 1. The summed E-state index contributed by atoms with van der Waals surface area (Å²) in [6, 6.07) is 8.13. The summed E-state index contributed by atoms with van der Waals surface area (Å²) < 4.78 is 0. The van der Waals surface area contributed by atoms with E-state index in [9.17, 15) is 4.79 Å². The molecule has 6 heteroatoms. The van der Waals surface area contributed by atoms with Crippen molar-refractivity contribution >= 4 is 16.8 Å². The first-order valence-electron chi connectivity index (χ1n) is 9.72. The zero-order valence-corrected chi connectivity index (χ0v) is 15.5. The van der Waals surface area contributed by atoms with Gasteiger partial charge in [-0.3, -0.25) is 9.89 Å². The highest BCUT2D eigenvalue weighted by Gasteiger charge is 2.35. The van der Waals surface area contributed by atoms with Gasteiger partial charge in [0.2, 0.25) is 5.91 Å². The Kier molecular flexibility index (Phi) is 3.92. The second kappa shape index (κ2) is 6.44. The molecular weight excluding hydrogens is 338 g/mol. The zero-order chi connectivity index (χ0) is 18.4. The van der Waals surface area contributed by atoms with Gasteiger partial charge in [-0.2, -0.15) is 5.10 Å². The lowest BCUT2D eigenvalue weighted by atomic mass is 9.85. The van der Waals surface area contributed by atoms with E-state index in [1.54, 1.807) is 6.33 Å². The van der Waals surface area contributed by atoms with Gasteiger partial charge in [-0.05, 0) is 44.2 Å². The van der Waals surface area contributed by atoms with Crippen LogP contribution in [0.25, 0.3) is 10.9 Å². The van der Waals surface area contributed by atoms with Crippen LogP contribution in [-0.2, 0) is 17.6 Å². The molecule has 27 heavy (non-hydrogen) atoms. The van der Waals surface area contributed by atoms with Gasteiger partial charge in [-0.25, -0.2) is 9.97 Å². The standard InChI is InChI=1S/C21H23N5O/c1-13-17-10-14(6-7-19(17)25-24-13)21(27)26-9-8-15(11-26)20-16-4-2-3-5-18(16)22-12-23-20/h2-5,12,14-15H,6-11H2,1H3,(H,24,25). The number of aromatic amines is 1. The van der Waals surface area contributed by atoms with Crippen LogP contribution in [0.3, 0.4) is 0 Å². The molecule has 6 nitrogen and oxygen atoms in total. The highest BCUT2D eigenvalue weighted by atomic mass is 16.2. The lowest BCUT2D eigenvalue weighted by Crippen LogP contribution is -2.37. The average Bonchev–Trinajstić information content (AvgIpc) is 3.34. The number of carbonyl (C=O) groups excluding carboxylic acids is 1. The van der Waals surface area contributed by atoms with Crippen LogP contribution in [0.1, 0.15) is 41.4 Å². The molecule has 2 atom stereocenters. The van der Waals surface area contributed by atoms with Crippen LogP contribution in [0, 0.1) is 12.8 Å². The van der Waals surface area contributed by atoms with E-state index in [1.165, 1.54) is 5.56 Å². The molecule has 5 rings (SSSR count). The van der Waals surface area contributed by atoms with Gasteiger partial charge in [0, 0.05) is 36.0 Å². The Morgan fingerprint density at radius 2 is 2.11 bits per heavy atom. The molecule has 2 unspecified atom stereocenters. The highest BCUT2D eigenvalue weighted by molar-refractivity contribution is 5.82. The minimum atomic E-state index is 0.0784. The first kappa shape index (κ1) is 16.4. The maximum absolute atomic E-state index is 13.1. The maximum atomic E-state index is 13.1. The van der Waals surface area contributed by atoms with Gasteiger partial charge in [0.1, 0.15) is 6.33 Å². The van der Waals surface area contributed by atoms with Crippen molar-refractivity contribution in [2.75, 3.05) is 13.1 Å². The molecule has 0 bridgehead atoms. The molecule has 1 saturated heterocycles. The zero-order valence-electron chi connectivity index (χ0n) is 15.5. The Labute approximate surface area is 158 Å². The number of likely N-dealkylation sites (tertiary alicyclic amines) is 1. The quantitative estimate of drug-likeness (QED) is 0.762. The second-order valence-electron chi connectivity index (χ2n) is 7.76. The van der Waals surface area contributed by atoms with Gasteiger partial charge >= 0.3 is 0 Å². The number of aryl methyl sites for hydroxylation is 2. The molecule has 3 heterocycles. The van der Waals surface area contributed by atoms with Crippen molar-refractivity contribution in [3.8, 4) is 0 Å². The largest absolute Gasteiger partial charge is 0.342 e. The SMILES string of the molecule is Cc1[nH]nc2c1CC(C(=O)N1CCC(c3ncnc4ccccc34)C1)CC2. The van der Waals surface area contributed by atoms with Gasteiger partial charge < -0.3 is 4.90 Å². The molecule has 1 amide bonds. The Hall–Kier alpha value is -2.76. The van der Waals surface area contributed by atoms with E-state index in [2.05, 4.69) is 26.2 Å². The molecule has 1 aliphatic heterocycles. The molecule has 2 aromatic heterocycles. The number of amides is 1. The third-order valence-corrected chi connectivity index (χ3v) is 6.15. The summed E-state index contributed by atoms with van der Waals surface area (Å²) >= 11 is 0. The van der Waals surface area contributed by atoms with Crippen molar-refractivity contribution < 1.29 is 4.79 Å². The molecule has 2 aliphatic rings. The second-order valence-corrected chi connectivity index (χ2v) is 7.76. The lowest BCUT2D eigenvalue weighted by molar-refractivity contribution is -0.134. The van der Waals surface area contributed by atoms with Crippen LogP contribution in [0.15, 0.2) is 30.6 Å².